The first-order valence-electron chi connectivity index (χ1n) is 6.48. The van der Waals surface area contributed by atoms with E-state index in [0.717, 1.165) is 12.0 Å². The summed E-state index contributed by atoms with van der Waals surface area (Å²) in [5, 5.41) is 11.8. The Labute approximate surface area is 129 Å². The molecule has 21 heavy (non-hydrogen) atoms. The molecule has 0 fully saturated rings. The normalized spacial score (nSPS) is 15.8. The fourth-order valence-corrected chi connectivity index (χ4v) is 2.94. The van der Waals surface area contributed by atoms with E-state index in [4.69, 9.17) is 5.11 Å². The van der Waals surface area contributed by atoms with Gasteiger partial charge in [0, 0.05) is 4.47 Å². The number of aromatic carboxylic acids is 1. The lowest BCUT2D eigenvalue weighted by Gasteiger charge is -2.29. The molecule has 1 aliphatic carbocycles. The smallest absolute Gasteiger partial charge is 0.335 e. The fraction of sp³-hybridized carbons (Fsp3) is 0.125. The predicted molar refractivity (Wildman–Crippen MR) is 82.6 cm³/mol. The van der Waals surface area contributed by atoms with Gasteiger partial charge in [-0.25, -0.2) is 4.79 Å². The second-order valence-corrected chi connectivity index (χ2v) is 5.80. The molecular weight excluding hydrogens is 334 g/mol. The summed E-state index contributed by atoms with van der Waals surface area (Å²) in [7, 11) is 0. The fourth-order valence-electron chi connectivity index (χ4n) is 2.46. The van der Waals surface area contributed by atoms with Gasteiger partial charge in [0.05, 0.1) is 17.2 Å². The number of carbonyl (C=O) groups excluding carboxylic acids is 1. The van der Waals surface area contributed by atoms with Crippen molar-refractivity contribution in [3.63, 3.8) is 0 Å². The van der Waals surface area contributed by atoms with Gasteiger partial charge >= 0.3 is 5.97 Å². The van der Waals surface area contributed by atoms with Crippen LogP contribution in [0, 0.1) is 0 Å². The second kappa shape index (κ2) is 5.33. The molecule has 0 bridgehead atoms. The van der Waals surface area contributed by atoms with Crippen molar-refractivity contribution in [1.29, 1.82) is 0 Å². The van der Waals surface area contributed by atoms with E-state index >= 15 is 0 Å². The predicted octanol–water partition coefficient (Wildman–Crippen LogP) is 3.43. The molecule has 1 amide bonds. The number of fused-ring (bicyclic) bond motifs is 1. The van der Waals surface area contributed by atoms with Crippen LogP contribution in [0.25, 0.3) is 0 Å². The van der Waals surface area contributed by atoms with Gasteiger partial charge < -0.3 is 10.4 Å². The van der Waals surface area contributed by atoms with Crippen LogP contribution in [-0.2, 0) is 11.2 Å². The molecule has 0 aliphatic heterocycles. The molecule has 3 rings (SSSR count). The molecular formula is C16H12BrNO3. The van der Waals surface area contributed by atoms with Crippen LogP contribution in [0.15, 0.2) is 46.9 Å². The highest BCUT2D eigenvalue weighted by molar-refractivity contribution is 9.10. The number of carboxylic acids is 1. The van der Waals surface area contributed by atoms with E-state index in [0.29, 0.717) is 10.2 Å². The van der Waals surface area contributed by atoms with Crippen LogP contribution in [0.2, 0.25) is 0 Å². The van der Waals surface area contributed by atoms with E-state index in [1.165, 1.54) is 17.7 Å². The Balaban J connectivity index is 1.76. The number of anilines is 1. The summed E-state index contributed by atoms with van der Waals surface area (Å²) in [6.45, 7) is 0. The molecule has 2 aromatic carbocycles. The Morgan fingerprint density at radius 3 is 2.62 bits per heavy atom. The molecule has 2 aromatic rings. The third-order valence-electron chi connectivity index (χ3n) is 3.64. The van der Waals surface area contributed by atoms with E-state index in [1.54, 1.807) is 6.07 Å². The maximum Gasteiger partial charge on any atom is 0.335 e. The molecule has 5 heteroatoms. The Hall–Kier alpha value is -2.14. The summed E-state index contributed by atoms with van der Waals surface area (Å²) >= 11 is 3.29. The molecule has 4 nitrogen and oxygen atoms in total. The summed E-state index contributed by atoms with van der Waals surface area (Å²) in [4.78, 5) is 23.2. The van der Waals surface area contributed by atoms with Gasteiger partial charge in [0.15, 0.2) is 0 Å². The van der Waals surface area contributed by atoms with Crippen LogP contribution in [0.4, 0.5) is 5.69 Å². The molecule has 0 radical (unpaired) electrons. The summed E-state index contributed by atoms with van der Waals surface area (Å²) in [5.41, 5.74) is 3.02. The highest BCUT2D eigenvalue weighted by Gasteiger charge is 2.31. The van der Waals surface area contributed by atoms with Crippen molar-refractivity contribution in [3.8, 4) is 0 Å². The van der Waals surface area contributed by atoms with Gasteiger partial charge in [0.2, 0.25) is 5.91 Å². The van der Waals surface area contributed by atoms with Crippen molar-refractivity contribution < 1.29 is 14.7 Å². The minimum atomic E-state index is -0.999. The molecule has 0 saturated heterocycles. The molecule has 1 atom stereocenters. The Bertz CT molecular complexity index is 742. The van der Waals surface area contributed by atoms with E-state index in [9.17, 15) is 9.59 Å². The molecule has 0 spiro atoms. The quantitative estimate of drug-likeness (QED) is 0.895. The van der Waals surface area contributed by atoms with Gasteiger partial charge in [-0.1, -0.05) is 24.3 Å². The van der Waals surface area contributed by atoms with Crippen molar-refractivity contribution >= 4 is 33.5 Å². The van der Waals surface area contributed by atoms with E-state index in [1.807, 2.05) is 24.3 Å². The van der Waals surface area contributed by atoms with Gasteiger partial charge in [-0.2, -0.15) is 0 Å². The van der Waals surface area contributed by atoms with Crippen LogP contribution >= 0.6 is 15.9 Å². The summed E-state index contributed by atoms with van der Waals surface area (Å²) in [6.07, 6.45) is 0.743. The minimum absolute atomic E-state index is 0.0718. The zero-order chi connectivity index (χ0) is 15.0. The van der Waals surface area contributed by atoms with Gasteiger partial charge in [-0.05, 0) is 51.7 Å². The highest BCUT2D eigenvalue weighted by Crippen LogP contribution is 2.36. The van der Waals surface area contributed by atoms with Crippen molar-refractivity contribution in [2.24, 2.45) is 0 Å². The highest BCUT2D eigenvalue weighted by atomic mass is 79.9. The zero-order valence-electron chi connectivity index (χ0n) is 11.0. The zero-order valence-corrected chi connectivity index (χ0v) is 12.6. The lowest BCUT2D eigenvalue weighted by atomic mass is 9.77. The number of hydrogen-bond acceptors (Lipinski definition) is 2. The van der Waals surface area contributed by atoms with Crippen LogP contribution in [0.5, 0.6) is 0 Å². The molecule has 1 unspecified atom stereocenters. The van der Waals surface area contributed by atoms with Gasteiger partial charge in [0.25, 0.3) is 0 Å². The summed E-state index contributed by atoms with van der Waals surface area (Å²) < 4.78 is 0.559. The molecule has 2 N–H and O–H groups in total. The second-order valence-electron chi connectivity index (χ2n) is 4.94. The lowest BCUT2D eigenvalue weighted by molar-refractivity contribution is -0.118. The number of carbonyl (C=O) groups is 2. The third kappa shape index (κ3) is 2.56. The van der Waals surface area contributed by atoms with Gasteiger partial charge in [-0.3, -0.25) is 4.79 Å². The molecule has 1 aliphatic rings. The van der Waals surface area contributed by atoms with Crippen molar-refractivity contribution in [1.82, 2.24) is 0 Å². The van der Waals surface area contributed by atoms with E-state index in [2.05, 4.69) is 21.2 Å². The van der Waals surface area contributed by atoms with Crippen LogP contribution in [0.1, 0.15) is 27.4 Å². The minimum Gasteiger partial charge on any atom is -0.478 e. The lowest BCUT2D eigenvalue weighted by Crippen LogP contribution is -2.30. The monoisotopic (exact) mass is 345 g/mol. The number of rotatable bonds is 3. The molecule has 0 aromatic heterocycles. The van der Waals surface area contributed by atoms with Crippen LogP contribution in [-0.4, -0.2) is 17.0 Å². The van der Waals surface area contributed by atoms with Crippen molar-refractivity contribution in [3.05, 3.63) is 63.6 Å². The number of halogens is 1. The van der Waals surface area contributed by atoms with Crippen molar-refractivity contribution in [2.45, 2.75) is 12.3 Å². The van der Waals surface area contributed by atoms with Crippen LogP contribution in [0.3, 0.4) is 0 Å². The largest absolute Gasteiger partial charge is 0.478 e. The topological polar surface area (TPSA) is 66.4 Å². The molecule has 106 valence electrons. The van der Waals surface area contributed by atoms with Crippen molar-refractivity contribution in [2.75, 3.05) is 5.32 Å². The number of amides is 1. The summed E-state index contributed by atoms with van der Waals surface area (Å²) in [5.74, 6) is -1.20. The van der Waals surface area contributed by atoms with Gasteiger partial charge in [0.1, 0.15) is 0 Å². The SMILES string of the molecule is O=C(O)c1ccc(NC(=O)C2Cc3ccccc32)c(Br)c1. The maximum atomic E-state index is 12.3. The summed E-state index contributed by atoms with van der Waals surface area (Å²) in [6, 6.07) is 12.4. The van der Waals surface area contributed by atoms with Gasteiger partial charge in [-0.15, -0.1) is 0 Å². The standard InChI is InChI=1S/C16H12BrNO3/c17-13-8-10(16(20)21)5-6-14(13)18-15(19)12-7-9-3-1-2-4-11(9)12/h1-6,8,12H,7H2,(H,18,19)(H,20,21). The third-order valence-corrected chi connectivity index (χ3v) is 4.30. The Morgan fingerprint density at radius 2 is 1.95 bits per heavy atom. The average molecular weight is 346 g/mol. The molecule has 0 saturated carbocycles. The Kier molecular flexibility index (Phi) is 3.51. The maximum absolute atomic E-state index is 12.3. The molecule has 0 heterocycles. The number of carboxylic acid groups (broad SMARTS) is 1. The average Bonchev–Trinajstić information content (AvgIpc) is 2.42. The first-order valence-corrected chi connectivity index (χ1v) is 7.27. The van der Waals surface area contributed by atoms with Crippen LogP contribution < -0.4 is 5.32 Å². The Morgan fingerprint density at radius 1 is 1.19 bits per heavy atom. The van der Waals surface area contributed by atoms with E-state index < -0.39 is 5.97 Å². The van der Waals surface area contributed by atoms with E-state index in [-0.39, 0.29) is 17.4 Å². The first-order chi connectivity index (χ1) is 10.1. The number of hydrogen-bond donors (Lipinski definition) is 2. The first kappa shape index (κ1) is 13.8. The number of nitrogens with one attached hydrogen (secondary N) is 1. The number of benzene rings is 2.